The topological polar surface area (TPSA) is 74.8 Å². The van der Waals surface area contributed by atoms with Crippen molar-refractivity contribution in [1.82, 2.24) is 19.6 Å². The Hall–Kier alpha value is -2.82. The van der Waals surface area contributed by atoms with E-state index in [1.807, 2.05) is 48.5 Å². The van der Waals surface area contributed by atoms with E-state index in [9.17, 15) is 9.59 Å². The number of hydrogen-bond donors (Lipinski definition) is 0. The van der Waals surface area contributed by atoms with Gasteiger partial charge in [0.05, 0.1) is 36.7 Å². The third-order valence-corrected chi connectivity index (χ3v) is 9.35. The first kappa shape index (κ1) is 30.2. The van der Waals surface area contributed by atoms with Crippen molar-refractivity contribution in [2.75, 3.05) is 65.7 Å². The summed E-state index contributed by atoms with van der Waals surface area (Å²) in [5, 5.41) is 0. The van der Waals surface area contributed by atoms with E-state index in [0.29, 0.717) is 23.5 Å². The molecule has 4 heterocycles. The van der Waals surface area contributed by atoms with E-state index < -0.39 is 0 Å². The van der Waals surface area contributed by atoms with Crippen LogP contribution in [0.1, 0.15) is 70.4 Å². The molecule has 4 saturated heterocycles. The van der Waals surface area contributed by atoms with E-state index in [1.54, 1.807) is 0 Å². The molecule has 6 rings (SSSR count). The van der Waals surface area contributed by atoms with Gasteiger partial charge in [0.2, 0.25) is 0 Å². The van der Waals surface area contributed by atoms with Gasteiger partial charge in [-0.1, -0.05) is 24.3 Å². The van der Waals surface area contributed by atoms with Crippen LogP contribution in [0.2, 0.25) is 0 Å². The molecular weight excluding hydrogens is 544 g/mol. The fourth-order valence-corrected chi connectivity index (χ4v) is 7.20. The second-order valence-corrected chi connectivity index (χ2v) is 12.2. The fourth-order valence-electron chi connectivity index (χ4n) is 7.20. The number of fused-ring (bicyclic) bond motifs is 2. The van der Waals surface area contributed by atoms with Gasteiger partial charge in [-0.15, -0.1) is 0 Å². The van der Waals surface area contributed by atoms with Gasteiger partial charge in [0.25, 0.3) is 0 Å². The molecule has 43 heavy (non-hydrogen) atoms. The maximum Gasteiger partial charge on any atom is 0.338 e. The van der Waals surface area contributed by atoms with Crippen molar-refractivity contribution >= 4 is 11.9 Å². The number of ether oxygens (including phenoxy) is 3. The van der Waals surface area contributed by atoms with Crippen LogP contribution in [0, 0.1) is 0 Å². The van der Waals surface area contributed by atoms with E-state index in [1.165, 1.54) is 75.8 Å². The van der Waals surface area contributed by atoms with Crippen LogP contribution in [0.5, 0.6) is 0 Å². The fraction of sp³-hybridized carbons (Fsp3) is 0.588. The zero-order valence-corrected chi connectivity index (χ0v) is 25.3. The first-order chi connectivity index (χ1) is 21.1. The molecule has 4 fully saturated rings. The van der Waals surface area contributed by atoms with Crippen LogP contribution in [-0.2, 0) is 27.3 Å². The Labute approximate surface area is 255 Å². The van der Waals surface area contributed by atoms with E-state index >= 15 is 0 Å². The van der Waals surface area contributed by atoms with Gasteiger partial charge in [-0.25, -0.2) is 9.59 Å². The lowest BCUT2D eigenvalue weighted by Crippen LogP contribution is -2.49. The molecule has 0 saturated carbocycles. The molecule has 0 aromatic heterocycles. The number of nitrogens with zero attached hydrogens (tertiary/aromatic N) is 4. The number of esters is 2. The van der Waals surface area contributed by atoms with Crippen LogP contribution in [-0.4, -0.2) is 110 Å². The van der Waals surface area contributed by atoms with Crippen LogP contribution in [0.4, 0.5) is 0 Å². The summed E-state index contributed by atoms with van der Waals surface area (Å²) in [5.41, 5.74) is 3.52. The summed E-state index contributed by atoms with van der Waals surface area (Å²) in [7, 11) is 0. The molecule has 2 aromatic carbocycles. The SMILES string of the molecule is O=C(OCCOCCOC(=O)c1ccc(CN2CCCN3CCCC32)cc1)c1ccc(CN2CCCN3CCCC32)cc1. The molecule has 0 aliphatic carbocycles. The molecule has 2 atom stereocenters. The van der Waals surface area contributed by atoms with Gasteiger partial charge in [0, 0.05) is 39.3 Å². The van der Waals surface area contributed by atoms with Crippen molar-refractivity contribution in [3.05, 3.63) is 70.8 Å². The Morgan fingerprint density at radius 2 is 0.977 bits per heavy atom. The lowest BCUT2D eigenvalue weighted by molar-refractivity contribution is 0.0151. The van der Waals surface area contributed by atoms with Crippen molar-refractivity contribution in [2.24, 2.45) is 0 Å². The molecule has 2 aromatic rings. The molecule has 9 nitrogen and oxygen atoms in total. The molecule has 0 bridgehead atoms. The van der Waals surface area contributed by atoms with Gasteiger partial charge < -0.3 is 14.2 Å². The Morgan fingerprint density at radius 1 is 0.558 bits per heavy atom. The normalized spacial score (nSPS) is 23.2. The Morgan fingerprint density at radius 3 is 1.42 bits per heavy atom. The van der Waals surface area contributed by atoms with Crippen molar-refractivity contribution in [1.29, 1.82) is 0 Å². The molecule has 0 spiro atoms. The summed E-state index contributed by atoms with van der Waals surface area (Å²) in [6.45, 7) is 9.76. The van der Waals surface area contributed by atoms with Gasteiger partial charge in [-0.05, 0) is 87.0 Å². The largest absolute Gasteiger partial charge is 0.460 e. The van der Waals surface area contributed by atoms with Crippen LogP contribution in [0.3, 0.4) is 0 Å². The zero-order valence-electron chi connectivity index (χ0n) is 25.3. The lowest BCUT2D eigenvalue weighted by Gasteiger charge is -2.40. The van der Waals surface area contributed by atoms with Gasteiger partial charge in [-0.3, -0.25) is 19.6 Å². The quantitative estimate of drug-likeness (QED) is 0.270. The summed E-state index contributed by atoms with van der Waals surface area (Å²) in [6, 6.07) is 15.5. The van der Waals surface area contributed by atoms with Crippen LogP contribution < -0.4 is 0 Å². The van der Waals surface area contributed by atoms with E-state index in [0.717, 1.165) is 26.2 Å². The van der Waals surface area contributed by atoms with Crippen molar-refractivity contribution in [3.63, 3.8) is 0 Å². The van der Waals surface area contributed by atoms with Crippen LogP contribution in [0.15, 0.2) is 48.5 Å². The van der Waals surface area contributed by atoms with Gasteiger partial charge in [0.1, 0.15) is 13.2 Å². The molecule has 0 radical (unpaired) electrons. The van der Waals surface area contributed by atoms with E-state index in [2.05, 4.69) is 19.6 Å². The summed E-state index contributed by atoms with van der Waals surface area (Å²) >= 11 is 0. The average Bonchev–Trinajstić information content (AvgIpc) is 3.72. The Bertz CT molecular complexity index is 1110. The molecular formula is C34H46N4O5. The lowest BCUT2D eigenvalue weighted by atomic mass is 10.1. The number of hydrogen-bond acceptors (Lipinski definition) is 9. The average molecular weight is 591 g/mol. The highest BCUT2D eigenvalue weighted by Gasteiger charge is 2.33. The molecule has 4 aliphatic heterocycles. The van der Waals surface area contributed by atoms with Crippen molar-refractivity contribution < 1.29 is 23.8 Å². The standard InChI is InChI=1S/C34H46N4O5/c39-33(29-11-7-27(8-12-29)25-37-19-3-17-35-15-1-5-31(35)37)42-23-21-41-22-24-43-34(40)30-13-9-28(10-14-30)26-38-20-4-18-36-16-2-6-32(36)38/h7-14,31-32H,1-6,15-26H2. The minimum atomic E-state index is -0.356. The first-order valence-electron chi connectivity index (χ1n) is 16.2. The molecule has 0 amide bonds. The first-order valence-corrected chi connectivity index (χ1v) is 16.2. The third-order valence-electron chi connectivity index (χ3n) is 9.35. The summed E-state index contributed by atoms with van der Waals surface area (Å²) < 4.78 is 16.2. The van der Waals surface area contributed by atoms with Gasteiger partial charge in [0.15, 0.2) is 0 Å². The van der Waals surface area contributed by atoms with E-state index in [-0.39, 0.29) is 38.4 Å². The maximum atomic E-state index is 12.4. The van der Waals surface area contributed by atoms with E-state index in [4.69, 9.17) is 14.2 Å². The Balaban J connectivity index is 0.837. The molecule has 9 heteroatoms. The number of carbonyl (C=O) groups excluding carboxylic acids is 2. The zero-order chi connectivity index (χ0) is 29.4. The molecule has 2 unspecified atom stereocenters. The minimum absolute atomic E-state index is 0.150. The highest BCUT2D eigenvalue weighted by Crippen LogP contribution is 2.27. The predicted molar refractivity (Wildman–Crippen MR) is 164 cm³/mol. The second-order valence-electron chi connectivity index (χ2n) is 12.2. The summed E-state index contributed by atoms with van der Waals surface area (Å²) in [5.74, 6) is -0.711. The van der Waals surface area contributed by atoms with Crippen LogP contribution >= 0.6 is 0 Å². The monoisotopic (exact) mass is 590 g/mol. The third kappa shape index (κ3) is 7.83. The number of carbonyl (C=O) groups is 2. The Kier molecular flexibility index (Phi) is 10.4. The second kappa shape index (κ2) is 14.8. The van der Waals surface area contributed by atoms with Gasteiger partial charge >= 0.3 is 11.9 Å². The number of benzene rings is 2. The maximum absolute atomic E-state index is 12.4. The van der Waals surface area contributed by atoms with Crippen molar-refractivity contribution in [2.45, 2.75) is 63.9 Å². The smallest absolute Gasteiger partial charge is 0.338 e. The summed E-state index contributed by atoms with van der Waals surface area (Å²) in [4.78, 5) is 35.2. The summed E-state index contributed by atoms with van der Waals surface area (Å²) in [6.07, 6.45) is 8.65. The molecule has 0 N–H and O–H groups in total. The van der Waals surface area contributed by atoms with Gasteiger partial charge in [-0.2, -0.15) is 0 Å². The number of rotatable bonds is 12. The molecule has 4 aliphatic rings. The highest BCUT2D eigenvalue weighted by atomic mass is 16.6. The minimum Gasteiger partial charge on any atom is -0.460 e. The predicted octanol–water partition coefficient (Wildman–Crippen LogP) is 3.97. The molecule has 232 valence electrons. The van der Waals surface area contributed by atoms with Crippen molar-refractivity contribution in [3.8, 4) is 0 Å². The highest BCUT2D eigenvalue weighted by molar-refractivity contribution is 5.89. The van der Waals surface area contributed by atoms with Crippen LogP contribution in [0.25, 0.3) is 0 Å².